The normalized spacial score (nSPS) is 17.3. The van der Waals surface area contributed by atoms with Gasteiger partial charge < -0.3 is 10.6 Å². The van der Waals surface area contributed by atoms with Gasteiger partial charge in [0.1, 0.15) is 0 Å². The van der Waals surface area contributed by atoms with Crippen molar-refractivity contribution in [3.8, 4) is 0 Å². The molecule has 4 heteroatoms. The predicted octanol–water partition coefficient (Wildman–Crippen LogP) is 2.81. The SMILES string of the molecule is CCc1ccsc1CNC(=O)C1CNCc2ccccc21. The van der Waals surface area contributed by atoms with Crippen LogP contribution in [0.2, 0.25) is 0 Å². The van der Waals surface area contributed by atoms with Gasteiger partial charge >= 0.3 is 0 Å². The van der Waals surface area contributed by atoms with E-state index in [2.05, 4.69) is 41.1 Å². The summed E-state index contributed by atoms with van der Waals surface area (Å²) < 4.78 is 0. The first-order chi connectivity index (χ1) is 10.3. The van der Waals surface area contributed by atoms with Gasteiger partial charge in [-0.3, -0.25) is 4.79 Å². The van der Waals surface area contributed by atoms with E-state index in [4.69, 9.17) is 0 Å². The topological polar surface area (TPSA) is 41.1 Å². The summed E-state index contributed by atoms with van der Waals surface area (Å²) in [6.07, 6.45) is 1.02. The van der Waals surface area contributed by atoms with E-state index in [9.17, 15) is 4.79 Å². The van der Waals surface area contributed by atoms with Gasteiger partial charge in [-0.05, 0) is 34.6 Å². The number of benzene rings is 1. The number of amides is 1. The summed E-state index contributed by atoms with van der Waals surface area (Å²) in [5.74, 6) is 0.0325. The number of rotatable bonds is 4. The van der Waals surface area contributed by atoms with Crippen LogP contribution < -0.4 is 10.6 Å². The molecular weight excluding hydrogens is 280 g/mol. The lowest BCUT2D eigenvalue weighted by Crippen LogP contribution is -2.38. The third-order valence-corrected chi connectivity index (χ3v) is 5.02. The Morgan fingerprint density at radius 2 is 2.24 bits per heavy atom. The number of carbonyl (C=O) groups excluding carboxylic acids is 1. The van der Waals surface area contributed by atoms with Crippen LogP contribution in [-0.2, 0) is 24.3 Å². The summed E-state index contributed by atoms with van der Waals surface area (Å²) in [4.78, 5) is 13.8. The molecule has 1 atom stereocenters. The zero-order valence-corrected chi connectivity index (χ0v) is 13.0. The first-order valence-electron chi connectivity index (χ1n) is 7.41. The fourth-order valence-corrected chi connectivity index (χ4v) is 3.77. The van der Waals surface area contributed by atoms with Crippen molar-refractivity contribution in [3.05, 3.63) is 57.3 Å². The molecule has 0 bridgehead atoms. The van der Waals surface area contributed by atoms with Gasteiger partial charge in [-0.1, -0.05) is 31.2 Å². The largest absolute Gasteiger partial charge is 0.351 e. The zero-order valence-electron chi connectivity index (χ0n) is 12.2. The van der Waals surface area contributed by atoms with E-state index in [0.29, 0.717) is 13.1 Å². The molecule has 0 radical (unpaired) electrons. The van der Waals surface area contributed by atoms with Crippen LogP contribution in [0, 0.1) is 0 Å². The van der Waals surface area contributed by atoms with Gasteiger partial charge in [-0.25, -0.2) is 0 Å². The van der Waals surface area contributed by atoms with Crippen molar-refractivity contribution in [3.63, 3.8) is 0 Å². The maximum Gasteiger partial charge on any atom is 0.229 e. The first kappa shape index (κ1) is 14.3. The summed E-state index contributed by atoms with van der Waals surface area (Å²) in [5, 5.41) is 8.53. The Bertz CT molecular complexity index is 635. The molecule has 1 aliphatic heterocycles. The second-order valence-electron chi connectivity index (χ2n) is 5.32. The molecular formula is C17H20N2OS. The summed E-state index contributed by atoms with van der Waals surface area (Å²) >= 11 is 1.72. The van der Waals surface area contributed by atoms with Crippen molar-refractivity contribution in [2.24, 2.45) is 0 Å². The van der Waals surface area contributed by atoms with E-state index in [1.807, 2.05) is 12.1 Å². The van der Waals surface area contributed by atoms with Crippen molar-refractivity contribution in [2.75, 3.05) is 6.54 Å². The lowest BCUT2D eigenvalue weighted by molar-refractivity contribution is -0.122. The molecule has 1 aliphatic rings. The van der Waals surface area contributed by atoms with Crippen LogP contribution in [0.3, 0.4) is 0 Å². The van der Waals surface area contributed by atoms with Gasteiger partial charge in [0.05, 0.1) is 12.5 Å². The van der Waals surface area contributed by atoms with Crippen LogP contribution in [-0.4, -0.2) is 12.5 Å². The van der Waals surface area contributed by atoms with E-state index >= 15 is 0 Å². The summed E-state index contributed by atoms with van der Waals surface area (Å²) in [5.41, 5.74) is 3.73. The molecule has 1 aromatic carbocycles. The maximum absolute atomic E-state index is 12.5. The molecule has 21 heavy (non-hydrogen) atoms. The van der Waals surface area contributed by atoms with Crippen molar-refractivity contribution < 1.29 is 4.79 Å². The van der Waals surface area contributed by atoms with Gasteiger partial charge in [-0.15, -0.1) is 11.3 Å². The Labute approximate surface area is 129 Å². The van der Waals surface area contributed by atoms with Crippen molar-refractivity contribution in [1.82, 2.24) is 10.6 Å². The van der Waals surface area contributed by atoms with E-state index in [1.165, 1.54) is 16.0 Å². The predicted molar refractivity (Wildman–Crippen MR) is 86.4 cm³/mol. The molecule has 0 aliphatic carbocycles. The van der Waals surface area contributed by atoms with E-state index < -0.39 is 0 Å². The maximum atomic E-state index is 12.5. The molecule has 3 rings (SSSR count). The lowest BCUT2D eigenvalue weighted by atomic mass is 9.90. The molecule has 110 valence electrons. The Balaban J connectivity index is 1.69. The average Bonchev–Trinajstić information content (AvgIpc) is 2.99. The Kier molecular flexibility index (Phi) is 4.36. The zero-order chi connectivity index (χ0) is 14.7. The molecule has 2 heterocycles. The third kappa shape index (κ3) is 3.01. The van der Waals surface area contributed by atoms with Crippen molar-refractivity contribution in [2.45, 2.75) is 32.4 Å². The van der Waals surface area contributed by atoms with E-state index in [-0.39, 0.29) is 11.8 Å². The van der Waals surface area contributed by atoms with Crippen LogP contribution in [0.5, 0.6) is 0 Å². The van der Waals surface area contributed by atoms with E-state index in [0.717, 1.165) is 18.5 Å². The number of thiophene rings is 1. The van der Waals surface area contributed by atoms with E-state index in [1.54, 1.807) is 11.3 Å². The molecule has 1 aromatic heterocycles. The molecule has 2 aromatic rings. The minimum Gasteiger partial charge on any atom is -0.351 e. The summed E-state index contributed by atoms with van der Waals surface area (Å²) in [7, 11) is 0. The molecule has 2 N–H and O–H groups in total. The van der Waals surface area contributed by atoms with Gasteiger partial charge in [-0.2, -0.15) is 0 Å². The highest BCUT2D eigenvalue weighted by Gasteiger charge is 2.25. The van der Waals surface area contributed by atoms with Gasteiger partial charge in [0, 0.05) is 18.0 Å². The monoisotopic (exact) mass is 300 g/mol. The number of nitrogens with one attached hydrogen (secondary N) is 2. The average molecular weight is 300 g/mol. The fraction of sp³-hybridized carbons (Fsp3) is 0.353. The van der Waals surface area contributed by atoms with Crippen LogP contribution in [0.4, 0.5) is 0 Å². The van der Waals surface area contributed by atoms with Crippen LogP contribution in [0.25, 0.3) is 0 Å². The molecule has 1 unspecified atom stereocenters. The third-order valence-electron chi connectivity index (χ3n) is 4.05. The molecule has 3 nitrogen and oxygen atoms in total. The highest BCUT2D eigenvalue weighted by Crippen LogP contribution is 2.24. The minimum absolute atomic E-state index is 0.0833. The lowest BCUT2D eigenvalue weighted by Gasteiger charge is -2.25. The highest BCUT2D eigenvalue weighted by molar-refractivity contribution is 7.10. The molecule has 0 fully saturated rings. The molecule has 0 saturated heterocycles. The van der Waals surface area contributed by atoms with Crippen LogP contribution >= 0.6 is 11.3 Å². The molecule has 0 saturated carbocycles. The number of carbonyl (C=O) groups is 1. The quantitative estimate of drug-likeness (QED) is 0.911. The van der Waals surface area contributed by atoms with Gasteiger partial charge in [0.2, 0.25) is 5.91 Å². The fourth-order valence-electron chi connectivity index (χ4n) is 2.86. The van der Waals surface area contributed by atoms with Crippen LogP contribution in [0.15, 0.2) is 35.7 Å². The first-order valence-corrected chi connectivity index (χ1v) is 8.29. The van der Waals surface area contributed by atoms with Crippen molar-refractivity contribution >= 4 is 17.2 Å². The summed E-state index contributed by atoms with van der Waals surface area (Å²) in [6, 6.07) is 10.3. The second kappa shape index (κ2) is 6.41. The standard InChI is InChI=1S/C17H20N2OS/c1-2-12-7-8-21-16(12)11-19-17(20)15-10-18-9-13-5-3-4-6-14(13)15/h3-8,15,18H,2,9-11H2,1H3,(H,19,20). The minimum atomic E-state index is -0.0833. The highest BCUT2D eigenvalue weighted by atomic mass is 32.1. The Morgan fingerprint density at radius 3 is 3.10 bits per heavy atom. The van der Waals surface area contributed by atoms with Crippen molar-refractivity contribution in [1.29, 1.82) is 0 Å². The number of hydrogen-bond acceptors (Lipinski definition) is 3. The molecule has 1 amide bonds. The van der Waals surface area contributed by atoms with Gasteiger partial charge in [0.15, 0.2) is 0 Å². The molecule has 0 spiro atoms. The second-order valence-corrected chi connectivity index (χ2v) is 6.32. The Hall–Kier alpha value is -1.65. The van der Waals surface area contributed by atoms with Crippen LogP contribution in [0.1, 0.15) is 34.4 Å². The number of fused-ring (bicyclic) bond motifs is 1. The smallest absolute Gasteiger partial charge is 0.229 e. The number of aryl methyl sites for hydroxylation is 1. The Morgan fingerprint density at radius 1 is 1.38 bits per heavy atom. The summed E-state index contributed by atoms with van der Waals surface area (Å²) in [6.45, 7) is 4.35. The van der Waals surface area contributed by atoms with Gasteiger partial charge in [0.25, 0.3) is 0 Å². The number of hydrogen-bond donors (Lipinski definition) is 2.